The minimum Gasteiger partial charge on any atom is -0.305 e. The molecule has 1 N–H and O–H groups in total. The largest absolute Gasteiger partial charge is 0.324 e. The van der Waals surface area contributed by atoms with E-state index < -0.39 is 10.8 Å². The van der Waals surface area contributed by atoms with Crippen molar-refractivity contribution in [1.29, 1.82) is 5.26 Å². The number of aromatic nitrogens is 4. The molecule has 0 aliphatic heterocycles. The third kappa shape index (κ3) is 4.11. The number of fused-ring (bicyclic) bond motifs is 1. The fourth-order valence-electron chi connectivity index (χ4n) is 4.15. The summed E-state index contributed by atoms with van der Waals surface area (Å²) in [4.78, 5) is 32.9. The number of nitro groups is 1. The average Bonchev–Trinajstić information content (AvgIpc) is 3.53. The van der Waals surface area contributed by atoms with Crippen molar-refractivity contribution in [2.24, 2.45) is 0 Å². The van der Waals surface area contributed by atoms with Gasteiger partial charge in [0.25, 0.3) is 5.91 Å². The van der Waals surface area contributed by atoms with E-state index in [2.05, 4.69) is 21.5 Å². The van der Waals surface area contributed by atoms with E-state index in [-0.39, 0.29) is 21.7 Å². The summed E-state index contributed by atoms with van der Waals surface area (Å²) in [5, 5.41) is 28.0. The van der Waals surface area contributed by atoms with Gasteiger partial charge < -0.3 is 5.32 Å². The summed E-state index contributed by atoms with van der Waals surface area (Å²) < 4.78 is 1.91. The van der Waals surface area contributed by atoms with Crippen LogP contribution in [-0.4, -0.2) is 30.6 Å². The second-order valence-electron chi connectivity index (χ2n) is 8.05. The van der Waals surface area contributed by atoms with E-state index in [9.17, 15) is 14.9 Å². The Kier molecular flexibility index (Phi) is 5.73. The van der Waals surface area contributed by atoms with Crippen LogP contribution in [0.1, 0.15) is 53.4 Å². The van der Waals surface area contributed by atoms with Gasteiger partial charge in [-0.05, 0) is 43.2 Å². The zero-order chi connectivity index (χ0) is 23.7. The Balaban J connectivity index is 1.58. The molecule has 5 rings (SSSR count). The zero-order valence-corrected chi connectivity index (χ0v) is 18.8. The lowest BCUT2D eigenvalue weighted by Gasteiger charge is -2.22. The molecule has 3 aromatic heterocycles. The van der Waals surface area contributed by atoms with Crippen molar-refractivity contribution < 1.29 is 9.72 Å². The molecule has 0 bridgehead atoms. The minimum absolute atomic E-state index is 0.110. The average molecular weight is 474 g/mol. The molecule has 1 amide bonds. The van der Waals surface area contributed by atoms with Crippen LogP contribution in [0.4, 0.5) is 10.8 Å². The molecule has 1 aliphatic rings. The summed E-state index contributed by atoms with van der Waals surface area (Å²) in [6.45, 7) is 0. The Hall–Kier alpha value is -4.17. The van der Waals surface area contributed by atoms with Crippen molar-refractivity contribution in [3.8, 4) is 17.5 Å². The quantitative estimate of drug-likeness (QED) is 0.314. The first-order valence-corrected chi connectivity index (χ1v) is 11.7. The van der Waals surface area contributed by atoms with Crippen molar-refractivity contribution in [1.82, 2.24) is 19.7 Å². The fourth-order valence-corrected chi connectivity index (χ4v) is 4.87. The molecule has 1 aromatic carbocycles. The van der Waals surface area contributed by atoms with Crippen LogP contribution in [0.5, 0.6) is 0 Å². The Morgan fingerprint density at radius 2 is 1.91 bits per heavy atom. The molecular weight excluding hydrogens is 454 g/mol. The van der Waals surface area contributed by atoms with E-state index in [1.54, 1.807) is 30.5 Å². The molecule has 0 atom stereocenters. The number of rotatable bonds is 5. The number of nitrogens with zero attached hydrogens (tertiary/aromatic N) is 6. The molecule has 0 unspecified atom stereocenters. The van der Waals surface area contributed by atoms with E-state index in [4.69, 9.17) is 10.2 Å². The minimum atomic E-state index is -0.526. The second kappa shape index (κ2) is 8.99. The monoisotopic (exact) mass is 473 g/mol. The SMILES string of the molecule is N#Cc1ccc(-c2nc(NC(=O)c3ccc([N+](=O)[O-])s3)c3cnn(C4CCCCC4)c3n2)cc1. The Morgan fingerprint density at radius 3 is 2.59 bits per heavy atom. The number of nitrogens with one attached hydrogen (secondary N) is 1. The Morgan fingerprint density at radius 1 is 1.15 bits per heavy atom. The molecule has 10 nitrogen and oxygen atoms in total. The molecule has 1 saturated carbocycles. The van der Waals surface area contributed by atoms with Crippen LogP contribution in [-0.2, 0) is 0 Å². The van der Waals surface area contributed by atoms with Gasteiger partial charge in [-0.15, -0.1) is 0 Å². The maximum atomic E-state index is 12.9. The summed E-state index contributed by atoms with van der Waals surface area (Å²) in [7, 11) is 0. The number of hydrogen-bond acceptors (Lipinski definition) is 8. The zero-order valence-electron chi connectivity index (χ0n) is 18.0. The number of carbonyl (C=O) groups is 1. The van der Waals surface area contributed by atoms with Gasteiger partial charge in [0.1, 0.15) is 5.82 Å². The molecule has 0 saturated heterocycles. The lowest BCUT2D eigenvalue weighted by atomic mass is 9.96. The Labute approximate surface area is 198 Å². The number of thiophene rings is 1. The van der Waals surface area contributed by atoms with Crippen LogP contribution in [0.3, 0.4) is 0 Å². The summed E-state index contributed by atoms with van der Waals surface area (Å²) in [5.41, 5.74) is 1.83. The van der Waals surface area contributed by atoms with Crippen LogP contribution < -0.4 is 5.32 Å². The lowest BCUT2D eigenvalue weighted by molar-refractivity contribution is -0.380. The van der Waals surface area contributed by atoms with Gasteiger partial charge in [0, 0.05) is 11.6 Å². The van der Waals surface area contributed by atoms with Crippen molar-refractivity contribution in [3.63, 3.8) is 0 Å². The highest BCUT2D eigenvalue weighted by Gasteiger charge is 2.23. The smallest absolute Gasteiger partial charge is 0.305 e. The van der Waals surface area contributed by atoms with Crippen molar-refractivity contribution in [3.05, 3.63) is 63.1 Å². The van der Waals surface area contributed by atoms with Gasteiger partial charge in [-0.1, -0.05) is 30.6 Å². The molecule has 34 heavy (non-hydrogen) atoms. The Bertz CT molecular complexity index is 1430. The maximum absolute atomic E-state index is 12.9. The molecule has 0 spiro atoms. The van der Waals surface area contributed by atoms with Crippen LogP contribution >= 0.6 is 11.3 Å². The number of amides is 1. The number of benzene rings is 1. The van der Waals surface area contributed by atoms with Gasteiger partial charge in [0.05, 0.1) is 39.1 Å². The van der Waals surface area contributed by atoms with Gasteiger partial charge in [-0.2, -0.15) is 10.4 Å². The predicted molar refractivity (Wildman–Crippen MR) is 127 cm³/mol. The number of hydrogen-bond donors (Lipinski definition) is 1. The number of anilines is 1. The summed E-state index contributed by atoms with van der Waals surface area (Å²) in [6.07, 6.45) is 7.12. The van der Waals surface area contributed by atoms with Crippen molar-refractivity contribution >= 4 is 39.1 Å². The van der Waals surface area contributed by atoms with E-state index in [0.29, 0.717) is 28.0 Å². The van der Waals surface area contributed by atoms with Crippen LogP contribution in [0.25, 0.3) is 22.4 Å². The normalized spacial score (nSPS) is 14.1. The lowest BCUT2D eigenvalue weighted by Crippen LogP contribution is -2.15. The molecule has 0 radical (unpaired) electrons. The van der Waals surface area contributed by atoms with E-state index in [0.717, 1.165) is 37.0 Å². The highest BCUT2D eigenvalue weighted by molar-refractivity contribution is 7.17. The van der Waals surface area contributed by atoms with E-state index >= 15 is 0 Å². The first-order valence-electron chi connectivity index (χ1n) is 10.8. The van der Waals surface area contributed by atoms with Gasteiger partial charge >= 0.3 is 5.00 Å². The first kappa shape index (κ1) is 21.7. The van der Waals surface area contributed by atoms with Gasteiger partial charge in [0.15, 0.2) is 11.5 Å². The molecule has 1 fully saturated rings. The standard InChI is InChI=1S/C23H19N7O3S/c24-12-14-6-8-15(9-7-14)20-26-21(28-23(31)18-10-11-19(34-18)30(32)33)17-13-25-29(22(17)27-20)16-4-2-1-3-5-16/h6-11,13,16H,1-5H2,(H,26,27,28,31). The van der Waals surface area contributed by atoms with Crippen LogP contribution in [0, 0.1) is 21.4 Å². The fraction of sp³-hybridized carbons (Fsp3) is 0.261. The first-order chi connectivity index (χ1) is 16.5. The molecule has 170 valence electrons. The van der Waals surface area contributed by atoms with E-state index in [1.165, 1.54) is 18.6 Å². The highest BCUT2D eigenvalue weighted by atomic mass is 32.1. The molecular formula is C23H19N7O3S. The third-order valence-corrected chi connectivity index (χ3v) is 6.91. The van der Waals surface area contributed by atoms with Crippen LogP contribution in [0.2, 0.25) is 0 Å². The second-order valence-corrected chi connectivity index (χ2v) is 9.11. The van der Waals surface area contributed by atoms with Crippen molar-refractivity contribution in [2.75, 3.05) is 5.32 Å². The van der Waals surface area contributed by atoms with Gasteiger partial charge in [-0.3, -0.25) is 14.9 Å². The molecule has 4 aromatic rings. The summed E-state index contributed by atoms with van der Waals surface area (Å²) >= 11 is 0.800. The third-order valence-electron chi connectivity index (χ3n) is 5.87. The maximum Gasteiger partial charge on any atom is 0.324 e. The van der Waals surface area contributed by atoms with E-state index in [1.807, 2.05) is 4.68 Å². The molecule has 1 aliphatic carbocycles. The number of nitriles is 1. The van der Waals surface area contributed by atoms with Crippen molar-refractivity contribution in [2.45, 2.75) is 38.1 Å². The van der Waals surface area contributed by atoms with Crippen LogP contribution in [0.15, 0.2) is 42.6 Å². The highest BCUT2D eigenvalue weighted by Crippen LogP contribution is 2.33. The van der Waals surface area contributed by atoms with Gasteiger partial charge in [-0.25, -0.2) is 14.6 Å². The van der Waals surface area contributed by atoms with Gasteiger partial charge in [0.2, 0.25) is 0 Å². The number of carbonyl (C=O) groups excluding carboxylic acids is 1. The predicted octanol–water partition coefficient (Wildman–Crippen LogP) is 5.09. The topological polar surface area (TPSA) is 140 Å². The molecule has 3 heterocycles. The summed E-state index contributed by atoms with van der Waals surface area (Å²) in [5.74, 6) is 0.184. The summed E-state index contributed by atoms with van der Waals surface area (Å²) in [6, 6.07) is 11.9. The molecule has 11 heteroatoms.